The van der Waals surface area contributed by atoms with Crippen LogP contribution in [0.1, 0.15) is 28.4 Å². The molecular formula is C15H9BrF2O2. The summed E-state index contributed by atoms with van der Waals surface area (Å²) in [4.78, 5) is 12.1. The van der Waals surface area contributed by atoms with Crippen molar-refractivity contribution in [1.82, 2.24) is 0 Å². The van der Waals surface area contributed by atoms with Crippen LogP contribution in [0.15, 0.2) is 40.9 Å². The van der Waals surface area contributed by atoms with E-state index in [0.29, 0.717) is 16.9 Å². The van der Waals surface area contributed by atoms with E-state index in [2.05, 4.69) is 15.9 Å². The van der Waals surface area contributed by atoms with Crippen LogP contribution in [0.3, 0.4) is 0 Å². The number of ether oxygens (including phenoxy) is 1. The van der Waals surface area contributed by atoms with Gasteiger partial charge in [-0.15, -0.1) is 0 Å². The monoisotopic (exact) mass is 338 g/mol. The highest BCUT2D eigenvalue weighted by Gasteiger charge is 2.28. The Morgan fingerprint density at radius 2 is 1.90 bits per heavy atom. The normalized spacial score (nSPS) is 17.6. The first-order chi connectivity index (χ1) is 9.54. The van der Waals surface area contributed by atoms with Crippen LogP contribution in [0.25, 0.3) is 0 Å². The van der Waals surface area contributed by atoms with Crippen LogP contribution >= 0.6 is 15.9 Å². The van der Waals surface area contributed by atoms with E-state index in [1.165, 1.54) is 6.07 Å². The molecule has 0 bridgehead atoms. The third-order valence-electron chi connectivity index (χ3n) is 3.20. The van der Waals surface area contributed by atoms with Gasteiger partial charge in [0.2, 0.25) is 0 Å². The Balaban J connectivity index is 1.97. The molecule has 2 aromatic carbocycles. The second-order valence-corrected chi connectivity index (χ2v) is 5.46. The summed E-state index contributed by atoms with van der Waals surface area (Å²) in [5.74, 6) is -1.48. The summed E-state index contributed by atoms with van der Waals surface area (Å²) < 4.78 is 32.7. The molecule has 0 radical (unpaired) electrons. The van der Waals surface area contributed by atoms with Crippen LogP contribution in [0, 0.1) is 11.6 Å². The lowest BCUT2D eigenvalue weighted by Crippen LogP contribution is -2.20. The Labute approximate surface area is 122 Å². The van der Waals surface area contributed by atoms with E-state index in [-0.39, 0.29) is 12.2 Å². The molecule has 1 atom stereocenters. The molecule has 3 rings (SSSR count). The summed E-state index contributed by atoms with van der Waals surface area (Å²) in [6, 6.07) is 8.68. The predicted molar refractivity (Wildman–Crippen MR) is 72.8 cm³/mol. The summed E-state index contributed by atoms with van der Waals surface area (Å²) in [7, 11) is 0. The van der Waals surface area contributed by atoms with Crippen molar-refractivity contribution in [2.75, 3.05) is 0 Å². The zero-order chi connectivity index (χ0) is 14.3. The number of hydrogen-bond acceptors (Lipinski definition) is 2. The van der Waals surface area contributed by atoms with Crippen LogP contribution in [-0.4, -0.2) is 5.78 Å². The summed E-state index contributed by atoms with van der Waals surface area (Å²) in [5.41, 5.74) is 0.948. The SMILES string of the molecule is O=C1CC(c2ccc(F)c(F)c2)Oc2ccc(Br)cc21. The second-order valence-electron chi connectivity index (χ2n) is 4.55. The van der Waals surface area contributed by atoms with Gasteiger partial charge < -0.3 is 4.74 Å². The topological polar surface area (TPSA) is 26.3 Å². The Bertz CT molecular complexity index is 700. The van der Waals surface area contributed by atoms with Crippen molar-refractivity contribution < 1.29 is 18.3 Å². The maximum Gasteiger partial charge on any atom is 0.170 e. The van der Waals surface area contributed by atoms with Crippen molar-refractivity contribution in [3.63, 3.8) is 0 Å². The molecule has 0 spiro atoms. The first kappa shape index (κ1) is 13.2. The highest BCUT2D eigenvalue weighted by Crippen LogP contribution is 2.36. The molecule has 0 amide bonds. The fraction of sp³-hybridized carbons (Fsp3) is 0.133. The van der Waals surface area contributed by atoms with Gasteiger partial charge in [-0.1, -0.05) is 22.0 Å². The Kier molecular flexibility index (Phi) is 3.30. The molecule has 0 saturated carbocycles. The molecule has 1 unspecified atom stereocenters. The van der Waals surface area contributed by atoms with E-state index in [4.69, 9.17) is 4.74 Å². The maximum atomic E-state index is 13.3. The lowest BCUT2D eigenvalue weighted by Gasteiger charge is -2.25. The largest absolute Gasteiger partial charge is 0.484 e. The van der Waals surface area contributed by atoms with Crippen LogP contribution in [0.4, 0.5) is 8.78 Å². The van der Waals surface area contributed by atoms with E-state index in [1.807, 2.05) is 0 Å². The summed E-state index contributed by atoms with van der Waals surface area (Å²) in [6.45, 7) is 0. The molecule has 0 fully saturated rings. The average molecular weight is 339 g/mol. The zero-order valence-electron chi connectivity index (χ0n) is 10.2. The van der Waals surface area contributed by atoms with Crippen molar-refractivity contribution in [3.05, 3.63) is 63.6 Å². The minimum Gasteiger partial charge on any atom is -0.484 e. The van der Waals surface area contributed by atoms with Gasteiger partial charge in [0.05, 0.1) is 12.0 Å². The highest BCUT2D eigenvalue weighted by atomic mass is 79.9. The number of rotatable bonds is 1. The van der Waals surface area contributed by atoms with Crippen LogP contribution in [-0.2, 0) is 0 Å². The van der Waals surface area contributed by atoms with Gasteiger partial charge in [0, 0.05) is 4.47 Å². The van der Waals surface area contributed by atoms with Gasteiger partial charge in [0.25, 0.3) is 0 Å². The molecule has 0 saturated heterocycles. The predicted octanol–water partition coefficient (Wildman–Crippen LogP) is 4.43. The minimum atomic E-state index is -0.944. The maximum absolute atomic E-state index is 13.3. The summed E-state index contributed by atoms with van der Waals surface area (Å²) in [6.07, 6.45) is -0.486. The number of carbonyl (C=O) groups excluding carboxylic acids is 1. The molecule has 5 heteroatoms. The van der Waals surface area contributed by atoms with Gasteiger partial charge in [0.1, 0.15) is 11.9 Å². The van der Waals surface area contributed by atoms with Gasteiger partial charge in [0.15, 0.2) is 17.4 Å². The molecule has 1 aliphatic rings. The number of halogens is 3. The van der Waals surface area contributed by atoms with Crippen molar-refractivity contribution in [2.24, 2.45) is 0 Å². The fourth-order valence-electron chi connectivity index (χ4n) is 2.19. The Hall–Kier alpha value is -1.75. The smallest absolute Gasteiger partial charge is 0.170 e. The third-order valence-corrected chi connectivity index (χ3v) is 3.69. The van der Waals surface area contributed by atoms with Gasteiger partial charge in [-0.05, 0) is 35.9 Å². The van der Waals surface area contributed by atoms with E-state index in [1.54, 1.807) is 18.2 Å². The van der Waals surface area contributed by atoms with Crippen LogP contribution in [0.5, 0.6) is 5.75 Å². The number of hydrogen-bond donors (Lipinski definition) is 0. The number of benzene rings is 2. The quantitative estimate of drug-likeness (QED) is 0.768. The van der Waals surface area contributed by atoms with Crippen molar-refractivity contribution in [1.29, 1.82) is 0 Å². The summed E-state index contributed by atoms with van der Waals surface area (Å²) in [5, 5.41) is 0. The number of ketones is 1. The zero-order valence-corrected chi connectivity index (χ0v) is 11.8. The number of carbonyl (C=O) groups is 1. The first-order valence-electron chi connectivity index (χ1n) is 5.99. The number of Topliss-reactive ketones (excluding diaryl/α,β-unsaturated/α-hetero) is 1. The van der Waals surface area contributed by atoms with E-state index in [0.717, 1.165) is 16.6 Å². The molecule has 20 heavy (non-hydrogen) atoms. The molecule has 0 aromatic heterocycles. The molecular weight excluding hydrogens is 330 g/mol. The Morgan fingerprint density at radius 1 is 1.10 bits per heavy atom. The van der Waals surface area contributed by atoms with E-state index < -0.39 is 17.7 Å². The van der Waals surface area contributed by atoms with E-state index >= 15 is 0 Å². The first-order valence-corrected chi connectivity index (χ1v) is 6.78. The molecule has 1 aliphatic heterocycles. The minimum absolute atomic E-state index is 0.0812. The van der Waals surface area contributed by atoms with Crippen molar-refractivity contribution >= 4 is 21.7 Å². The lowest BCUT2D eigenvalue weighted by atomic mass is 9.96. The van der Waals surface area contributed by atoms with Gasteiger partial charge in [-0.2, -0.15) is 0 Å². The lowest BCUT2D eigenvalue weighted by molar-refractivity contribution is 0.0849. The third kappa shape index (κ3) is 2.33. The van der Waals surface area contributed by atoms with Crippen LogP contribution < -0.4 is 4.74 Å². The van der Waals surface area contributed by atoms with Gasteiger partial charge in [-0.3, -0.25) is 4.79 Å². The van der Waals surface area contributed by atoms with Gasteiger partial charge in [-0.25, -0.2) is 8.78 Å². The van der Waals surface area contributed by atoms with E-state index in [9.17, 15) is 13.6 Å². The molecule has 1 heterocycles. The average Bonchev–Trinajstić information content (AvgIpc) is 2.42. The van der Waals surface area contributed by atoms with Gasteiger partial charge >= 0.3 is 0 Å². The highest BCUT2D eigenvalue weighted by molar-refractivity contribution is 9.10. The molecule has 2 aromatic rings. The molecule has 102 valence electrons. The standard InChI is InChI=1S/C15H9BrF2O2/c16-9-2-4-14-10(6-9)13(19)7-15(20-14)8-1-3-11(17)12(18)5-8/h1-6,15H,7H2. The molecule has 0 aliphatic carbocycles. The molecule has 2 nitrogen and oxygen atoms in total. The van der Waals surface area contributed by atoms with Crippen molar-refractivity contribution in [2.45, 2.75) is 12.5 Å². The van der Waals surface area contributed by atoms with Crippen LogP contribution in [0.2, 0.25) is 0 Å². The Morgan fingerprint density at radius 3 is 2.65 bits per heavy atom. The summed E-state index contributed by atoms with van der Waals surface area (Å²) >= 11 is 3.30. The number of fused-ring (bicyclic) bond motifs is 1. The fourth-order valence-corrected chi connectivity index (χ4v) is 2.56. The van der Waals surface area contributed by atoms with Crippen molar-refractivity contribution in [3.8, 4) is 5.75 Å². The molecule has 0 N–H and O–H groups in total. The second kappa shape index (κ2) is 4.98.